The summed E-state index contributed by atoms with van der Waals surface area (Å²) >= 11 is 0. The lowest BCUT2D eigenvalue weighted by atomic mass is 10.1. The van der Waals surface area contributed by atoms with Gasteiger partial charge in [0.25, 0.3) is 0 Å². The number of aromatic nitrogens is 2. The Labute approximate surface area is 116 Å². The van der Waals surface area contributed by atoms with E-state index in [1.807, 2.05) is 36.7 Å². The molecule has 3 aromatic rings. The van der Waals surface area contributed by atoms with Gasteiger partial charge in [0.05, 0.1) is 5.56 Å². The van der Waals surface area contributed by atoms with Crippen molar-refractivity contribution >= 4 is 11.0 Å². The Morgan fingerprint density at radius 3 is 2.75 bits per heavy atom. The molecule has 0 spiro atoms. The Morgan fingerprint density at radius 2 is 1.95 bits per heavy atom. The average Bonchev–Trinajstić information content (AvgIpc) is 3.23. The quantitative estimate of drug-likeness (QED) is 0.787. The molecule has 2 heterocycles. The van der Waals surface area contributed by atoms with Crippen LogP contribution in [0.3, 0.4) is 0 Å². The van der Waals surface area contributed by atoms with E-state index in [0.29, 0.717) is 11.9 Å². The van der Waals surface area contributed by atoms with E-state index in [2.05, 4.69) is 15.3 Å². The number of nitrogens with zero attached hydrogens (tertiary/aromatic N) is 2. The number of fused-ring (bicyclic) bond motifs is 1. The normalized spacial score (nSPS) is 14.8. The summed E-state index contributed by atoms with van der Waals surface area (Å²) in [5.74, 6) is 0.713. The Morgan fingerprint density at radius 1 is 1.15 bits per heavy atom. The molecule has 0 atom stereocenters. The van der Waals surface area contributed by atoms with Crippen LogP contribution in [0, 0.1) is 0 Å². The van der Waals surface area contributed by atoms with Crippen LogP contribution < -0.4 is 5.32 Å². The second-order valence-corrected chi connectivity index (χ2v) is 5.22. The van der Waals surface area contributed by atoms with Gasteiger partial charge in [0.1, 0.15) is 11.8 Å². The fourth-order valence-corrected chi connectivity index (χ4v) is 2.29. The van der Waals surface area contributed by atoms with Crippen LogP contribution in [0.5, 0.6) is 0 Å². The topological polar surface area (TPSA) is 51.0 Å². The molecule has 0 aliphatic heterocycles. The van der Waals surface area contributed by atoms with Crippen LogP contribution in [-0.2, 0) is 6.54 Å². The molecule has 0 unspecified atom stereocenters. The van der Waals surface area contributed by atoms with Crippen molar-refractivity contribution in [2.75, 3.05) is 0 Å². The summed E-state index contributed by atoms with van der Waals surface area (Å²) in [6.07, 6.45) is 8.08. The molecule has 0 saturated heterocycles. The molecule has 0 amide bonds. The van der Waals surface area contributed by atoms with Gasteiger partial charge in [0, 0.05) is 35.9 Å². The van der Waals surface area contributed by atoms with Gasteiger partial charge in [-0.05, 0) is 18.9 Å². The number of hydrogen-bond donors (Lipinski definition) is 1. The maximum Gasteiger partial charge on any atom is 0.163 e. The first-order valence-electron chi connectivity index (χ1n) is 6.91. The van der Waals surface area contributed by atoms with Gasteiger partial charge in [-0.3, -0.25) is 0 Å². The van der Waals surface area contributed by atoms with Gasteiger partial charge in [0.15, 0.2) is 5.82 Å². The summed E-state index contributed by atoms with van der Waals surface area (Å²) in [6.45, 7) is 0.844. The van der Waals surface area contributed by atoms with Crippen molar-refractivity contribution in [2.45, 2.75) is 25.4 Å². The summed E-state index contributed by atoms with van der Waals surface area (Å²) in [5, 5.41) is 4.51. The van der Waals surface area contributed by atoms with E-state index >= 15 is 0 Å². The second-order valence-electron chi connectivity index (χ2n) is 5.22. The molecule has 4 nitrogen and oxygen atoms in total. The molecule has 2 aromatic heterocycles. The highest BCUT2D eigenvalue weighted by molar-refractivity contribution is 5.91. The molecule has 1 aliphatic rings. The van der Waals surface area contributed by atoms with Gasteiger partial charge in [-0.25, -0.2) is 9.97 Å². The first kappa shape index (κ1) is 11.6. The number of furan rings is 1. The number of rotatable bonds is 4. The summed E-state index contributed by atoms with van der Waals surface area (Å²) in [7, 11) is 0. The van der Waals surface area contributed by atoms with Gasteiger partial charge in [-0.15, -0.1) is 0 Å². The molecule has 1 aromatic carbocycles. The van der Waals surface area contributed by atoms with E-state index in [0.717, 1.165) is 28.6 Å². The number of para-hydroxylation sites is 1. The molecule has 4 heteroatoms. The van der Waals surface area contributed by atoms with E-state index < -0.39 is 0 Å². The first-order chi connectivity index (χ1) is 9.90. The van der Waals surface area contributed by atoms with Crippen molar-refractivity contribution in [3.63, 3.8) is 0 Å². The molecular weight excluding hydrogens is 250 g/mol. The smallest absolute Gasteiger partial charge is 0.163 e. The largest absolute Gasteiger partial charge is 0.464 e. The SMILES string of the molecule is c1ccc2c(-c3ncc(CNC4CC4)cn3)coc2c1. The number of hydrogen-bond acceptors (Lipinski definition) is 4. The summed E-state index contributed by atoms with van der Waals surface area (Å²) in [6, 6.07) is 8.64. The molecule has 1 N–H and O–H groups in total. The third-order valence-electron chi connectivity index (χ3n) is 3.60. The van der Waals surface area contributed by atoms with Crippen molar-refractivity contribution in [3.8, 4) is 11.4 Å². The fraction of sp³-hybridized carbons (Fsp3) is 0.250. The van der Waals surface area contributed by atoms with Crippen molar-refractivity contribution in [3.05, 3.63) is 48.5 Å². The van der Waals surface area contributed by atoms with Crippen molar-refractivity contribution in [1.29, 1.82) is 0 Å². The van der Waals surface area contributed by atoms with Crippen LogP contribution in [0.15, 0.2) is 47.3 Å². The van der Waals surface area contributed by atoms with Crippen LogP contribution in [0.25, 0.3) is 22.4 Å². The lowest BCUT2D eigenvalue weighted by molar-refractivity contribution is 0.616. The highest BCUT2D eigenvalue weighted by Gasteiger charge is 2.20. The van der Waals surface area contributed by atoms with E-state index in [9.17, 15) is 0 Å². The van der Waals surface area contributed by atoms with Gasteiger partial charge >= 0.3 is 0 Å². The van der Waals surface area contributed by atoms with E-state index in [1.165, 1.54) is 12.8 Å². The molecule has 20 heavy (non-hydrogen) atoms. The van der Waals surface area contributed by atoms with E-state index in [1.54, 1.807) is 6.26 Å². The summed E-state index contributed by atoms with van der Waals surface area (Å²) in [5.41, 5.74) is 2.93. The van der Waals surface area contributed by atoms with Crippen molar-refractivity contribution in [1.82, 2.24) is 15.3 Å². The lowest BCUT2D eigenvalue weighted by Crippen LogP contribution is -2.15. The van der Waals surface area contributed by atoms with Crippen molar-refractivity contribution < 1.29 is 4.42 Å². The Balaban J connectivity index is 1.61. The van der Waals surface area contributed by atoms with Gasteiger partial charge < -0.3 is 9.73 Å². The summed E-state index contributed by atoms with van der Waals surface area (Å²) < 4.78 is 5.53. The van der Waals surface area contributed by atoms with Crippen LogP contribution >= 0.6 is 0 Å². The molecule has 1 aliphatic carbocycles. The zero-order valence-corrected chi connectivity index (χ0v) is 11.0. The Hall–Kier alpha value is -2.20. The molecule has 100 valence electrons. The molecule has 1 fully saturated rings. The predicted octanol–water partition coefficient (Wildman–Crippen LogP) is 3.14. The minimum Gasteiger partial charge on any atom is -0.464 e. The third kappa shape index (κ3) is 2.18. The highest BCUT2D eigenvalue weighted by atomic mass is 16.3. The van der Waals surface area contributed by atoms with E-state index in [-0.39, 0.29) is 0 Å². The van der Waals surface area contributed by atoms with Crippen LogP contribution in [-0.4, -0.2) is 16.0 Å². The van der Waals surface area contributed by atoms with Crippen LogP contribution in [0.2, 0.25) is 0 Å². The lowest BCUT2D eigenvalue weighted by Gasteiger charge is -2.03. The maximum atomic E-state index is 5.53. The molecule has 1 saturated carbocycles. The minimum absolute atomic E-state index is 0.701. The van der Waals surface area contributed by atoms with Crippen LogP contribution in [0.1, 0.15) is 18.4 Å². The van der Waals surface area contributed by atoms with Gasteiger partial charge in [0.2, 0.25) is 0 Å². The molecule has 0 radical (unpaired) electrons. The zero-order chi connectivity index (χ0) is 13.4. The molecular formula is C16H15N3O. The van der Waals surface area contributed by atoms with Crippen molar-refractivity contribution in [2.24, 2.45) is 0 Å². The molecule has 0 bridgehead atoms. The first-order valence-corrected chi connectivity index (χ1v) is 6.91. The standard InChI is InChI=1S/C16H15N3O/c1-2-4-15-13(3-1)14(10-20-15)16-18-8-11(9-19-16)7-17-12-5-6-12/h1-4,8-10,12,17H,5-7H2. The molecule has 4 rings (SSSR count). The van der Waals surface area contributed by atoms with Gasteiger partial charge in [-0.1, -0.05) is 18.2 Å². The maximum absolute atomic E-state index is 5.53. The minimum atomic E-state index is 0.701. The predicted molar refractivity (Wildman–Crippen MR) is 77.1 cm³/mol. The number of benzene rings is 1. The monoisotopic (exact) mass is 265 g/mol. The Kier molecular flexibility index (Phi) is 2.74. The fourth-order valence-electron chi connectivity index (χ4n) is 2.29. The second kappa shape index (κ2) is 4.72. The van der Waals surface area contributed by atoms with Gasteiger partial charge in [-0.2, -0.15) is 0 Å². The van der Waals surface area contributed by atoms with Crippen LogP contribution in [0.4, 0.5) is 0 Å². The highest BCUT2D eigenvalue weighted by Crippen LogP contribution is 2.27. The summed E-state index contributed by atoms with van der Waals surface area (Å²) in [4.78, 5) is 8.92. The Bertz CT molecular complexity index is 729. The third-order valence-corrected chi connectivity index (χ3v) is 3.60. The van der Waals surface area contributed by atoms with E-state index in [4.69, 9.17) is 4.42 Å². The average molecular weight is 265 g/mol. The zero-order valence-electron chi connectivity index (χ0n) is 11.0. The number of nitrogens with one attached hydrogen (secondary N) is 1.